The molecule has 2 N–H and O–H groups in total. The van der Waals surface area contributed by atoms with Crippen LogP contribution in [0.4, 0.5) is 11.4 Å². The summed E-state index contributed by atoms with van der Waals surface area (Å²) >= 11 is 3.56. The minimum Gasteiger partial charge on any atom is -0.398 e. The number of hydrogen-bond donors (Lipinski definition) is 1. The molecular formula is C11H15BrN2. The van der Waals surface area contributed by atoms with Crippen molar-refractivity contribution in [2.24, 2.45) is 0 Å². The van der Waals surface area contributed by atoms with Gasteiger partial charge in [-0.15, -0.1) is 0 Å². The molecule has 2 rings (SSSR count). The van der Waals surface area contributed by atoms with Crippen LogP contribution < -0.4 is 10.6 Å². The van der Waals surface area contributed by atoms with Crippen LogP contribution in [0.2, 0.25) is 0 Å². The lowest BCUT2D eigenvalue weighted by Gasteiger charge is -2.21. The molecular weight excluding hydrogens is 240 g/mol. The molecule has 76 valence electrons. The number of hydrogen-bond acceptors (Lipinski definition) is 2. The number of rotatable bonds is 2. The number of nitrogen functional groups attached to an aromatic ring is 1. The quantitative estimate of drug-likeness (QED) is 0.823. The SMILES string of the molecule is Cc1cc(N(C)C2CC2)c(Br)cc1N. The van der Waals surface area contributed by atoms with Crippen LogP contribution in [0, 0.1) is 6.92 Å². The van der Waals surface area contributed by atoms with E-state index < -0.39 is 0 Å². The maximum Gasteiger partial charge on any atom is 0.0514 e. The molecule has 0 saturated heterocycles. The van der Waals surface area contributed by atoms with Gasteiger partial charge < -0.3 is 10.6 Å². The second-order valence-electron chi connectivity index (χ2n) is 4.00. The molecule has 1 aliphatic rings. The van der Waals surface area contributed by atoms with E-state index in [1.165, 1.54) is 18.5 Å². The van der Waals surface area contributed by atoms with Crippen LogP contribution in [0.5, 0.6) is 0 Å². The summed E-state index contributed by atoms with van der Waals surface area (Å²) in [6.07, 6.45) is 2.62. The Morgan fingerprint density at radius 2 is 2.07 bits per heavy atom. The topological polar surface area (TPSA) is 29.3 Å². The monoisotopic (exact) mass is 254 g/mol. The van der Waals surface area contributed by atoms with Crippen molar-refractivity contribution in [2.45, 2.75) is 25.8 Å². The summed E-state index contributed by atoms with van der Waals surface area (Å²) < 4.78 is 1.09. The Morgan fingerprint density at radius 3 is 2.64 bits per heavy atom. The van der Waals surface area contributed by atoms with E-state index >= 15 is 0 Å². The van der Waals surface area contributed by atoms with Gasteiger partial charge in [-0.3, -0.25) is 0 Å². The second-order valence-corrected chi connectivity index (χ2v) is 4.86. The van der Waals surface area contributed by atoms with Crippen molar-refractivity contribution in [1.29, 1.82) is 0 Å². The third kappa shape index (κ3) is 1.73. The summed E-state index contributed by atoms with van der Waals surface area (Å²) in [7, 11) is 2.15. The Morgan fingerprint density at radius 1 is 1.43 bits per heavy atom. The fourth-order valence-corrected chi connectivity index (χ4v) is 2.25. The summed E-state index contributed by atoms with van der Waals surface area (Å²) in [6.45, 7) is 2.05. The number of aryl methyl sites for hydroxylation is 1. The smallest absolute Gasteiger partial charge is 0.0514 e. The summed E-state index contributed by atoms with van der Waals surface area (Å²) in [5.74, 6) is 0. The minimum atomic E-state index is 0.731. The van der Waals surface area contributed by atoms with Gasteiger partial charge in [-0.2, -0.15) is 0 Å². The van der Waals surface area contributed by atoms with Gasteiger partial charge in [0, 0.05) is 23.2 Å². The zero-order valence-electron chi connectivity index (χ0n) is 8.55. The van der Waals surface area contributed by atoms with Crippen molar-refractivity contribution in [3.05, 3.63) is 22.2 Å². The van der Waals surface area contributed by atoms with Gasteiger partial charge in [0.2, 0.25) is 0 Å². The molecule has 1 aliphatic carbocycles. The third-order valence-electron chi connectivity index (χ3n) is 2.81. The standard InChI is InChI=1S/C11H15BrN2/c1-7-5-11(9(12)6-10(7)13)14(2)8-3-4-8/h5-6,8H,3-4,13H2,1-2H3. The maximum atomic E-state index is 5.83. The summed E-state index contributed by atoms with van der Waals surface area (Å²) in [5.41, 5.74) is 9.08. The fourth-order valence-electron chi connectivity index (χ4n) is 1.61. The van der Waals surface area contributed by atoms with Crippen molar-refractivity contribution in [1.82, 2.24) is 0 Å². The lowest BCUT2D eigenvalue weighted by atomic mass is 10.1. The first-order chi connectivity index (χ1) is 6.59. The van der Waals surface area contributed by atoms with E-state index in [0.717, 1.165) is 21.8 Å². The molecule has 0 heterocycles. The van der Waals surface area contributed by atoms with Gasteiger partial charge in [0.05, 0.1) is 5.69 Å². The van der Waals surface area contributed by atoms with Gasteiger partial charge in [0.1, 0.15) is 0 Å². The summed E-state index contributed by atoms with van der Waals surface area (Å²) in [4.78, 5) is 2.33. The van der Waals surface area contributed by atoms with E-state index in [1.54, 1.807) is 0 Å². The molecule has 0 aliphatic heterocycles. The Bertz CT molecular complexity index is 359. The second kappa shape index (κ2) is 3.46. The minimum absolute atomic E-state index is 0.731. The van der Waals surface area contributed by atoms with Gasteiger partial charge in [0.15, 0.2) is 0 Å². The van der Waals surface area contributed by atoms with Gasteiger partial charge in [0.25, 0.3) is 0 Å². The predicted molar refractivity (Wildman–Crippen MR) is 64.7 cm³/mol. The average Bonchev–Trinajstić information content (AvgIpc) is 2.93. The number of halogens is 1. The normalized spacial score (nSPS) is 15.6. The number of nitrogens with two attached hydrogens (primary N) is 1. The van der Waals surface area contributed by atoms with Crippen LogP contribution in [-0.2, 0) is 0 Å². The van der Waals surface area contributed by atoms with Crippen molar-refractivity contribution < 1.29 is 0 Å². The van der Waals surface area contributed by atoms with E-state index in [-0.39, 0.29) is 0 Å². The van der Waals surface area contributed by atoms with Crippen LogP contribution in [0.15, 0.2) is 16.6 Å². The highest BCUT2D eigenvalue weighted by atomic mass is 79.9. The molecule has 3 heteroatoms. The van der Waals surface area contributed by atoms with Crippen LogP contribution in [0.3, 0.4) is 0 Å². The van der Waals surface area contributed by atoms with Crippen molar-refractivity contribution in [2.75, 3.05) is 17.7 Å². The lowest BCUT2D eigenvalue weighted by Crippen LogP contribution is -2.20. The molecule has 1 aromatic carbocycles. The van der Waals surface area contributed by atoms with E-state index in [0.29, 0.717) is 0 Å². The Balaban J connectivity index is 2.36. The Hall–Kier alpha value is -0.700. The molecule has 1 fully saturated rings. The zero-order chi connectivity index (χ0) is 10.3. The van der Waals surface area contributed by atoms with Gasteiger partial charge >= 0.3 is 0 Å². The molecule has 14 heavy (non-hydrogen) atoms. The van der Waals surface area contributed by atoms with E-state index in [1.807, 2.05) is 13.0 Å². The molecule has 0 bridgehead atoms. The molecule has 1 saturated carbocycles. The largest absolute Gasteiger partial charge is 0.398 e. The molecule has 0 radical (unpaired) electrons. The first kappa shape index (κ1) is 9.84. The summed E-state index contributed by atoms with van der Waals surface area (Å²) in [5, 5.41) is 0. The molecule has 0 atom stereocenters. The van der Waals surface area contributed by atoms with Crippen molar-refractivity contribution in [3.8, 4) is 0 Å². The molecule has 0 aromatic heterocycles. The van der Waals surface area contributed by atoms with E-state index in [9.17, 15) is 0 Å². The van der Waals surface area contributed by atoms with Crippen molar-refractivity contribution in [3.63, 3.8) is 0 Å². The molecule has 1 aromatic rings. The van der Waals surface area contributed by atoms with Crippen LogP contribution in [-0.4, -0.2) is 13.1 Å². The van der Waals surface area contributed by atoms with Crippen LogP contribution in [0.25, 0.3) is 0 Å². The number of nitrogens with zero attached hydrogens (tertiary/aromatic N) is 1. The molecule has 0 spiro atoms. The Labute approximate surface area is 93.2 Å². The summed E-state index contributed by atoms with van der Waals surface area (Å²) in [6, 6.07) is 4.87. The van der Waals surface area contributed by atoms with Crippen LogP contribution >= 0.6 is 15.9 Å². The van der Waals surface area contributed by atoms with Gasteiger partial charge in [-0.05, 0) is 53.4 Å². The molecule has 0 amide bonds. The molecule has 2 nitrogen and oxygen atoms in total. The highest BCUT2D eigenvalue weighted by Gasteiger charge is 2.27. The van der Waals surface area contributed by atoms with Gasteiger partial charge in [-0.25, -0.2) is 0 Å². The fraction of sp³-hybridized carbons (Fsp3) is 0.455. The molecule has 0 unspecified atom stereocenters. The highest BCUT2D eigenvalue weighted by Crippen LogP contribution is 2.36. The average molecular weight is 255 g/mol. The first-order valence-electron chi connectivity index (χ1n) is 4.88. The predicted octanol–water partition coefficient (Wildman–Crippen LogP) is 2.94. The highest BCUT2D eigenvalue weighted by molar-refractivity contribution is 9.10. The lowest BCUT2D eigenvalue weighted by molar-refractivity contribution is 0.913. The van der Waals surface area contributed by atoms with Gasteiger partial charge in [-0.1, -0.05) is 0 Å². The van der Waals surface area contributed by atoms with E-state index in [4.69, 9.17) is 5.73 Å². The zero-order valence-corrected chi connectivity index (χ0v) is 10.1. The van der Waals surface area contributed by atoms with E-state index in [2.05, 4.69) is 33.9 Å². The first-order valence-corrected chi connectivity index (χ1v) is 5.67. The number of anilines is 2. The third-order valence-corrected chi connectivity index (χ3v) is 3.45. The number of benzene rings is 1. The van der Waals surface area contributed by atoms with Crippen LogP contribution in [0.1, 0.15) is 18.4 Å². The van der Waals surface area contributed by atoms with Crippen molar-refractivity contribution >= 4 is 27.3 Å². The Kier molecular flexibility index (Phi) is 2.43. The maximum absolute atomic E-state index is 5.83.